The van der Waals surface area contributed by atoms with Crippen LogP contribution in [-0.2, 0) is 19.1 Å². The summed E-state index contributed by atoms with van der Waals surface area (Å²) in [6, 6.07) is 12.1. The molecule has 0 saturated carbocycles. The first-order valence-electron chi connectivity index (χ1n) is 8.94. The number of esters is 1. The standard InChI is InChI=1S/C20H23NO7/c1-11(23)21-17-19(26-12(2)24)18(25)16(10-22)28-20(17)27-15-9-5-7-13-6-3-4-8-14(13)15/h3-9,16-20,22,25H,10H2,1-2H3,(H,21,23)/t16-,17-,18+,19-,20-/m0/s1. The third kappa shape index (κ3) is 4.24. The van der Waals surface area contributed by atoms with Gasteiger partial charge < -0.3 is 29.7 Å². The molecule has 150 valence electrons. The van der Waals surface area contributed by atoms with Gasteiger partial charge in [0.15, 0.2) is 6.10 Å². The van der Waals surface area contributed by atoms with E-state index >= 15 is 0 Å². The maximum absolute atomic E-state index is 11.7. The fraction of sp³-hybridized carbons (Fsp3) is 0.400. The highest BCUT2D eigenvalue weighted by molar-refractivity contribution is 5.88. The Balaban J connectivity index is 1.96. The van der Waals surface area contributed by atoms with Crippen LogP contribution in [0, 0.1) is 0 Å². The van der Waals surface area contributed by atoms with E-state index in [-0.39, 0.29) is 0 Å². The summed E-state index contributed by atoms with van der Waals surface area (Å²) in [5.74, 6) is -0.554. The van der Waals surface area contributed by atoms with Gasteiger partial charge in [-0.15, -0.1) is 0 Å². The molecule has 0 bridgehead atoms. The Kier molecular flexibility index (Phi) is 6.13. The Morgan fingerprint density at radius 2 is 1.86 bits per heavy atom. The number of amides is 1. The fourth-order valence-electron chi connectivity index (χ4n) is 3.31. The Morgan fingerprint density at radius 3 is 2.54 bits per heavy atom. The molecule has 8 heteroatoms. The van der Waals surface area contributed by atoms with E-state index in [9.17, 15) is 19.8 Å². The van der Waals surface area contributed by atoms with Crippen molar-refractivity contribution in [3.63, 3.8) is 0 Å². The number of hydrogen-bond acceptors (Lipinski definition) is 7. The van der Waals surface area contributed by atoms with Crippen LogP contribution in [0.3, 0.4) is 0 Å². The lowest BCUT2D eigenvalue weighted by Gasteiger charge is -2.43. The number of aliphatic hydroxyl groups is 2. The zero-order chi connectivity index (χ0) is 20.3. The van der Waals surface area contributed by atoms with Gasteiger partial charge in [-0.1, -0.05) is 36.4 Å². The van der Waals surface area contributed by atoms with Gasteiger partial charge in [0.1, 0.15) is 24.0 Å². The maximum Gasteiger partial charge on any atom is 0.303 e. The minimum Gasteiger partial charge on any atom is -0.462 e. The molecule has 5 atom stereocenters. The SMILES string of the molecule is CC(=O)N[C@@H]1[C@@H](Oc2cccc3ccccc23)O[C@@H](CO)[C@@H](O)[C@H]1OC(C)=O. The number of ether oxygens (including phenoxy) is 3. The zero-order valence-corrected chi connectivity index (χ0v) is 15.6. The second-order valence-electron chi connectivity index (χ2n) is 6.61. The molecule has 0 spiro atoms. The largest absolute Gasteiger partial charge is 0.462 e. The van der Waals surface area contributed by atoms with Crippen molar-refractivity contribution in [1.82, 2.24) is 5.32 Å². The number of benzene rings is 2. The van der Waals surface area contributed by atoms with Crippen LogP contribution >= 0.6 is 0 Å². The highest BCUT2D eigenvalue weighted by Gasteiger charge is 2.48. The van der Waals surface area contributed by atoms with Crippen LogP contribution < -0.4 is 10.1 Å². The molecular formula is C20H23NO7. The van der Waals surface area contributed by atoms with E-state index in [0.717, 1.165) is 10.8 Å². The number of fused-ring (bicyclic) bond motifs is 1. The van der Waals surface area contributed by atoms with Gasteiger partial charge >= 0.3 is 5.97 Å². The number of nitrogens with one attached hydrogen (secondary N) is 1. The van der Waals surface area contributed by atoms with Crippen molar-refractivity contribution in [2.45, 2.75) is 44.5 Å². The molecule has 8 nitrogen and oxygen atoms in total. The van der Waals surface area contributed by atoms with Crippen molar-refractivity contribution < 1.29 is 34.0 Å². The summed E-state index contributed by atoms with van der Waals surface area (Å²) in [7, 11) is 0. The molecule has 28 heavy (non-hydrogen) atoms. The van der Waals surface area contributed by atoms with Gasteiger partial charge in [-0.25, -0.2) is 0 Å². The molecule has 3 rings (SSSR count). The Bertz CT molecular complexity index is 850. The predicted octanol–water partition coefficient (Wildman–Crippen LogP) is 0.733. The van der Waals surface area contributed by atoms with Crippen molar-refractivity contribution in [3.8, 4) is 5.75 Å². The summed E-state index contributed by atoms with van der Waals surface area (Å²) in [5, 5.41) is 24.4. The van der Waals surface area contributed by atoms with E-state index in [0.29, 0.717) is 5.75 Å². The van der Waals surface area contributed by atoms with Crippen molar-refractivity contribution >= 4 is 22.6 Å². The molecule has 0 radical (unpaired) electrons. The summed E-state index contributed by atoms with van der Waals surface area (Å²) in [5.41, 5.74) is 0. The van der Waals surface area contributed by atoms with Crippen LogP contribution in [0.25, 0.3) is 10.8 Å². The van der Waals surface area contributed by atoms with E-state index in [1.807, 2.05) is 36.4 Å². The third-order valence-corrected chi connectivity index (χ3v) is 4.52. The second-order valence-corrected chi connectivity index (χ2v) is 6.61. The summed E-state index contributed by atoms with van der Waals surface area (Å²) in [6.45, 7) is 1.98. The fourth-order valence-corrected chi connectivity index (χ4v) is 3.31. The quantitative estimate of drug-likeness (QED) is 0.646. The monoisotopic (exact) mass is 389 g/mol. The molecule has 2 aromatic carbocycles. The summed E-state index contributed by atoms with van der Waals surface area (Å²) in [4.78, 5) is 23.3. The van der Waals surface area contributed by atoms with E-state index in [1.54, 1.807) is 6.07 Å². The number of carbonyl (C=O) groups excluding carboxylic acids is 2. The van der Waals surface area contributed by atoms with Crippen molar-refractivity contribution in [2.24, 2.45) is 0 Å². The van der Waals surface area contributed by atoms with Crippen molar-refractivity contribution in [3.05, 3.63) is 42.5 Å². The van der Waals surface area contributed by atoms with Gasteiger partial charge in [0.05, 0.1) is 6.61 Å². The highest BCUT2D eigenvalue weighted by atomic mass is 16.7. The first kappa shape index (κ1) is 20.1. The molecule has 1 aliphatic rings. The molecule has 2 aromatic rings. The summed E-state index contributed by atoms with van der Waals surface area (Å²) < 4.78 is 17.0. The van der Waals surface area contributed by atoms with E-state index in [2.05, 4.69) is 5.32 Å². The van der Waals surface area contributed by atoms with Gasteiger partial charge in [0.2, 0.25) is 12.2 Å². The molecule has 0 unspecified atom stereocenters. The number of hydrogen-bond donors (Lipinski definition) is 3. The van der Waals surface area contributed by atoms with Gasteiger partial charge in [-0.2, -0.15) is 0 Å². The highest BCUT2D eigenvalue weighted by Crippen LogP contribution is 2.30. The summed E-state index contributed by atoms with van der Waals surface area (Å²) >= 11 is 0. The molecule has 1 saturated heterocycles. The van der Waals surface area contributed by atoms with Crippen LogP contribution in [0.5, 0.6) is 5.75 Å². The first-order chi connectivity index (χ1) is 13.4. The van der Waals surface area contributed by atoms with Crippen molar-refractivity contribution in [2.75, 3.05) is 6.61 Å². The summed E-state index contributed by atoms with van der Waals surface area (Å²) in [6.07, 6.45) is -4.63. The first-order valence-corrected chi connectivity index (χ1v) is 8.94. The lowest BCUT2D eigenvalue weighted by atomic mass is 9.96. The number of carbonyl (C=O) groups is 2. The average molecular weight is 389 g/mol. The molecule has 3 N–H and O–H groups in total. The lowest BCUT2D eigenvalue weighted by molar-refractivity contribution is -0.249. The minimum atomic E-state index is -1.34. The van der Waals surface area contributed by atoms with Gasteiger partial charge in [-0.05, 0) is 11.5 Å². The molecular weight excluding hydrogens is 366 g/mol. The smallest absolute Gasteiger partial charge is 0.303 e. The number of aliphatic hydroxyl groups excluding tert-OH is 2. The van der Waals surface area contributed by atoms with E-state index in [1.165, 1.54) is 13.8 Å². The van der Waals surface area contributed by atoms with E-state index in [4.69, 9.17) is 14.2 Å². The molecule has 1 fully saturated rings. The van der Waals surface area contributed by atoms with Crippen LogP contribution in [0.2, 0.25) is 0 Å². The third-order valence-electron chi connectivity index (χ3n) is 4.52. The van der Waals surface area contributed by atoms with Gasteiger partial charge in [0.25, 0.3) is 0 Å². The van der Waals surface area contributed by atoms with Crippen LogP contribution in [0.15, 0.2) is 42.5 Å². The second kappa shape index (κ2) is 8.55. The van der Waals surface area contributed by atoms with Crippen LogP contribution in [0.1, 0.15) is 13.8 Å². The average Bonchev–Trinajstić information content (AvgIpc) is 2.66. The van der Waals surface area contributed by atoms with Crippen LogP contribution in [0.4, 0.5) is 0 Å². The topological polar surface area (TPSA) is 114 Å². The van der Waals surface area contributed by atoms with Gasteiger partial charge in [0, 0.05) is 19.2 Å². The van der Waals surface area contributed by atoms with Gasteiger partial charge in [-0.3, -0.25) is 9.59 Å². The lowest BCUT2D eigenvalue weighted by Crippen LogP contribution is -2.66. The predicted molar refractivity (Wildman–Crippen MR) is 99.5 cm³/mol. The Hall–Kier alpha value is -2.68. The number of rotatable bonds is 5. The maximum atomic E-state index is 11.7. The molecule has 0 aromatic heterocycles. The Morgan fingerprint density at radius 1 is 1.14 bits per heavy atom. The minimum absolute atomic E-state index is 0.410. The van der Waals surface area contributed by atoms with Crippen molar-refractivity contribution in [1.29, 1.82) is 0 Å². The Labute approximate surface area is 162 Å². The van der Waals surface area contributed by atoms with E-state index < -0.39 is 49.1 Å². The molecule has 1 heterocycles. The normalized spacial score (nSPS) is 27.2. The molecule has 1 amide bonds. The molecule has 1 aliphatic heterocycles. The molecule has 0 aliphatic carbocycles. The van der Waals surface area contributed by atoms with Crippen LogP contribution in [-0.4, -0.2) is 59.3 Å². The zero-order valence-electron chi connectivity index (χ0n) is 15.6.